The molecule has 0 aliphatic carbocycles. The fourth-order valence-electron chi connectivity index (χ4n) is 4.06. The van der Waals surface area contributed by atoms with Gasteiger partial charge in [-0.2, -0.15) is 4.31 Å². The summed E-state index contributed by atoms with van der Waals surface area (Å²) in [5, 5.41) is 1.55. The van der Waals surface area contributed by atoms with Gasteiger partial charge in [0.15, 0.2) is 0 Å². The molecule has 0 amide bonds. The standard InChI is InChI=1S/C25H28N2O3S/c1-2-30-24-14-15-25(23-13-7-6-12-22(23)24)31(28,29)27-19-17-26(18-20-27)16-8-11-21-9-4-3-5-10-21/h3-15H,2,16-20H2,1H3/p+1. The highest BCUT2D eigenvalue weighted by atomic mass is 32.2. The van der Waals surface area contributed by atoms with Gasteiger partial charge in [0, 0.05) is 10.8 Å². The van der Waals surface area contributed by atoms with E-state index in [1.807, 2.05) is 49.4 Å². The Balaban J connectivity index is 1.46. The van der Waals surface area contributed by atoms with Gasteiger partial charge >= 0.3 is 0 Å². The molecule has 31 heavy (non-hydrogen) atoms. The summed E-state index contributed by atoms with van der Waals surface area (Å²) < 4.78 is 34.2. The first kappa shape index (κ1) is 21.6. The molecule has 1 aliphatic heterocycles. The van der Waals surface area contributed by atoms with Crippen LogP contribution < -0.4 is 9.64 Å². The molecular weight excluding hydrogens is 408 g/mol. The molecule has 1 N–H and O–H groups in total. The van der Waals surface area contributed by atoms with Crippen LogP contribution in [0.2, 0.25) is 0 Å². The molecule has 0 unspecified atom stereocenters. The van der Waals surface area contributed by atoms with Crippen LogP contribution in [0.4, 0.5) is 0 Å². The van der Waals surface area contributed by atoms with Crippen LogP contribution in [0.1, 0.15) is 12.5 Å². The highest BCUT2D eigenvalue weighted by molar-refractivity contribution is 7.89. The molecule has 1 heterocycles. The van der Waals surface area contributed by atoms with Crippen molar-refractivity contribution < 1.29 is 18.1 Å². The summed E-state index contributed by atoms with van der Waals surface area (Å²) >= 11 is 0. The van der Waals surface area contributed by atoms with Crippen molar-refractivity contribution in [2.24, 2.45) is 0 Å². The summed E-state index contributed by atoms with van der Waals surface area (Å²) in [6.07, 6.45) is 4.30. The molecule has 0 spiro atoms. The van der Waals surface area contributed by atoms with Crippen LogP contribution in [-0.4, -0.2) is 52.1 Å². The van der Waals surface area contributed by atoms with Gasteiger partial charge in [0.25, 0.3) is 0 Å². The minimum Gasteiger partial charge on any atom is -0.493 e. The second-order valence-corrected chi connectivity index (χ2v) is 9.62. The number of nitrogens with zero attached hydrogens (tertiary/aromatic N) is 1. The summed E-state index contributed by atoms with van der Waals surface area (Å²) in [5.41, 5.74) is 1.19. The topological polar surface area (TPSA) is 51.1 Å². The van der Waals surface area contributed by atoms with Crippen LogP contribution in [0.5, 0.6) is 5.75 Å². The van der Waals surface area contributed by atoms with Crippen molar-refractivity contribution in [1.82, 2.24) is 4.31 Å². The van der Waals surface area contributed by atoms with Crippen LogP contribution in [0.25, 0.3) is 16.8 Å². The summed E-state index contributed by atoms with van der Waals surface area (Å²) in [4.78, 5) is 1.76. The molecule has 1 fully saturated rings. The van der Waals surface area contributed by atoms with Crippen LogP contribution in [0.3, 0.4) is 0 Å². The minimum absolute atomic E-state index is 0.360. The maximum atomic E-state index is 13.4. The molecule has 5 nitrogen and oxygen atoms in total. The van der Waals surface area contributed by atoms with Gasteiger partial charge in [-0.15, -0.1) is 0 Å². The van der Waals surface area contributed by atoms with Crippen molar-refractivity contribution in [2.75, 3.05) is 39.3 Å². The fourth-order valence-corrected chi connectivity index (χ4v) is 5.70. The quantitative estimate of drug-likeness (QED) is 0.619. The Morgan fingerprint density at radius 1 is 0.935 bits per heavy atom. The monoisotopic (exact) mass is 437 g/mol. The van der Waals surface area contributed by atoms with Crippen molar-refractivity contribution in [3.63, 3.8) is 0 Å². The second-order valence-electron chi connectivity index (χ2n) is 7.71. The first-order chi connectivity index (χ1) is 15.1. The van der Waals surface area contributed by atoms with E-state index < -0.39 is 10.0 Å². The van der Waals surface area contributed by atoms with Gasteiger partial charge in [0.1, 0.15) is 5.75 Å². The normalized spacial score (nSPS) is 16.2. The molecule has 0 atom stereocenters. The third-order valence-electron chi connectivity index (χ3n) is 5.71. The lowest BCUT2D eigenvalue weighted by Gasteiger charge is -2.31. The molecule has 4 rings (SSSR count). The fraction of sp³-hybridized carbons (Fsp3) is 0.280. The van der Waals surface area contributed by atoms with E-state index >= 15 is 0 Å². The number of ether oxygens (including phenoxy) is 1. The number of nitrogens with one attached hydrogen (secondary N) is 1. The molecule has 1 saturated heterocycles. The zero-order valence-electron chi connectivity index (χ0n) is 17.8. The van der Waals surface area contributed by atoms with E-state index in [1.54, 1.807) is 16.4 Å². The summed E-state index contributed by atoms with van der Waals surface area (Å²) in [6.45, 7) is 6.02. The molecule has 3 aromatic carbocycles. The number of quaternary nitrogens is 1. The third kappa shape index (κ3) is 4.82. The molecule has 0 aromatic heterocycles. The molecule has 0 saturated carbocycles. The molecule has 0 bridgehead atoms. The van der Waals surface area contributed by atoms with Crippen molar-refractivity contribution in [1.29, 1.82) is 0 Å². The lowest BCUT2D eigenvalue weighted by Crippen LogP contribution is -3.14. The molecule has 3 aromatic rings. The summed E-state index contributed by atoms with van der Waals surface area (Å²) in [7, 11) is -3.56. The average Bonchev–Trinajstić information content (AvgIpc) is 2.80. The van der Waals surface area contributed by atoms with Gasteiger partial charge in [-0.1, -0.05) is 60.7 Å². The summed E-state index contributed by atoms with van der Waals surface area (Å²) in [6, 6.07) is 21.2. The van der Waals surface area contributed by atoms with Gasteiger partial charge in [0.2, 0.25) is 10.0 Å². The van der Waals surface area contributed by atoms with Crippen molar-refractivity contribution in [2.45, 2.75) is 11.8 Å². The lowest BCUT2D eigenvalue weighted by molar-refractivity contribution is -0.897. The maximum absolute atomic E-state index is 13.4. The highest BCUT2D eigenvalue weighted by Gasteiger charge is 2.31. The van der Waals surface area contributed by atoms with E-state index in [2.05, 4.69) is 24.3 Å². The van der Waals surface area contributed by atoms with E-state index in [0.717, 1.165) is 30.8 Å². The van der Waals surface area contributed by atoms with Crippen LogP contribution in [0.15, 0.2) is 77.7 Å². The van der Waals surface area contributed by atoms with E-state index in [1.165, 1.54) is 10.5 Å². The largest absolute Gasteiger partial charge is 0.493 e. The average molecular weight is 438 g/mol. The SMILES string of the molecule is CCOc1ccc(S(=O)(=O)N2CC[NH+](CC=Cc3ccccc3)CC2)c2ccccc12. The van der Waals surface area contributed by atoms with Crippen LogP contribution in [-0.2, 0) is 10.0 Å². The van der Waals surface area contributed by atoms with Crippen molar-refractivity contribution in [3.05, 3.63) is 78.4 Å². The Hall–Kier alpha value is -2.67. The van der Waals surface area contributed by atoms with E-state index in [9.17, 15) is 8.42 Å². The van der Waals surface area contributed by atoms with Crippen LogP contribution in [0, 0.1) is 0 Å². The van der Waals surface area contributed by atoms with E-state index in [0.29, 0.717) is 30.0 Å². The van der Waals surface area contributed by atoms with E-state index in [-0.39, 0.29) is 0 Å². The predicted octanol–water partition coefficient (Wildman–Crippen LogP) is 2.84. The molecular formula is C25H29N2O3S+. The first-order valence-corrected chi connectivity index (χ1v) is 12.2. The zero-order valence-corrected chi connectivity index (χ0v) is 18.6. The van der Waals surface area contributed by atoms with Gasteiger partial charge in [0.05, 0.1) is 44.2 Å². The molecule has 1 aliphatic rings. The Bertz CT molecular complexity index is 1150. The highest BCUT2D eigenvalue weighted by Crippen LogP contribution is 2.32. The van der Waals surface area contributed by atoms with Gasteiger partial charge in [-0.3, -0.25) is 0 Å². The predicted molar refractivity (Wildman–Crippen MR) is 125 cm³/mol. The zero-order chi connectivity index (χ0) is 21.7. The Kier molecular flexibility index (Phi) is 6.70. The van der Waals surface area contributed by atoms with Gasteiger partial charge in [-0.05, 0) is 30.7 Å². The molecule has 6 heteroatoms. The number of sulfonamides is 1. The maximum Gasteiger partial charge on any atom is 0.244 e. The van der Waals surface area contributed by atoms with Crippen molar-refractivity contribution >= 4 is 26.9 Å². The number of fused-ring (bicyclic) bond motifs is 1. The molecule has 162 valence electrons. The van der Waals surface area contributed by atoms with Crippen LogP contribution >= 0.6 is 0 Å². The molecule has 0 radical (unpaired) electrons. The smallest absolute Gasteiger partial charge is 0.244 e. The second kappa shape index (κ2) is 9.64. The van der Waals surface area contributed by atoms with Gasteiger partial charge in [-0.25, -0.2) is 8.42 Å². The number of rotatable bonds is 7. The van der Waals surface area contributed by atoms with Gasteiger partial charge < -0.3 is 9.64 Å². The Morgan fingerprint density at radius 2 is 1.61 bits per heavy atom. The third-order valence-corrected chi connectivity index (χ3v) is 7.66. The Labute approximate surface area is 184 Å². The first-order valence-electron chi connectivity index (χ1n) is 10.8. The number of hydrogen-bond acceptors (Lipinski definition) is 3. The van der Waals surface area contributed by atoms with E-state index in [4.69, 9.17) is 4.74 Å². The number of piperazine rings is 1. The van der Waals surface area contributed by atoms with Crippen molar-refractivity contribution in [3.8, 4) is 5.75 Å². The minimum atomic E-state index is -3.56. The number of hydrogen-bond donors (Lipinski definition) is 1. The Morgan fingerprint density at radius 3 is 2.32 bits per heavy atom. The lowest BCUT2D eigenvalue weighted by atomic mass is 10.1. The number of benzene rings is 3. The summed E-state index contributed by atoms with van der Waals surface area (Å²) in [5.74, 6) is 0.719.